The first-order valence-electron chi connectivity index (χ1n) is 13.0. The fourth-order valence-corrected chi connectivity index (χ4v) is 7.10. The van der Waals surface area contributed by atoms with E-state index < -0.39 is 17.0 Å². The monoisotopic (exact) mass is 545 g/mol. The first kappa shape index (κ1) is 27.4. The normalized spacial score (nSPS) is 13.3. The molecular formula is C26H35N5O4S2. The number of fused-ring (bicyclic) bond motifs is 3. The van der Waals surface area contributed by atoms with Gasteiger partial charge >= 0.3 is 5.69 Å². The highest BCUT2D eigenvalue weighted by Crippen LogP contribution is 2.35. The largest absolute Gasteiger partial charge is 0.384 e. The molecule has 0 amide bonds. The molecule has 1 aliphatic carbocycles. The molecule has 9 nitrogen and oxygen atoms in total. The Labute approximate surface area is 223 Å². The van der Waals surface area contributed by atoms with Crippen LogP contribution in [0.2, 0.25) is 0 Å². The maximum atomic E-state index is 13.7. The molecule has 2 N–H and O–H groups in total. The number of thioether (sulfide) groups is 1. The molecule has 0 bridgehead atoms. The van der Waals surface area contributed by atoms with E-state index in [9.17, 15) is 19.2 Å². The minimum atomic E-state index is -0.718. The van der Waals surface area contributed by atoms with E-state index in [1.54, 1.807) is 15.9 Å². The lowest BCUT2D eigenvalue weighted by Crippen LogP contribution is -2.41. The summed E-state index contributed by atoms with van der Waals surface area (Å²) in [6.45, 7) is 2.73. The maximum Gasteiger partial charge on any atom is 0.332 e. The highest BCUT2D eigenvalue weighted by atomic mass is 32.2. The standard InChI is InChI=1S/C26H35N5O4S2/c1-4-5-6-7-8-11-14-31-24(34)19-16-12-9-10-13-18(16)37-22(19)28-25(31)36-15-17(32)20-21(27)29(2)26(35)30(3)23(20)33/h4-15,27H2,1-3H3. The summed E-state index contributed by atoms with van der Waals surface area (Å²) in [6, 6.07) is 0. The van der Waals surface area contributed by atoms with Crippen LogP contribution in [0.1, 0.15) is 79.1 Å². The molecule has 4 rings (SSSR count). The zero-order valence-electron chi connectivity index (χ0n) is 21.8. The van der Waals surface area contributed by atoms with Gasteiger partial charge < -0.3 is 5.73 Å². The van der Waals surface area contributed by atoms with E-state index in [-0.39, 0.29) is 22.7 Å². The molecule has 200 valence electrons. The Balaban J connectivity index is 1.65. The van der Waals surface area contributed by atoms with Crippen molar-refractivity contribution in [2.45, 2.75) is 82.8 Å². The molecule has 0 atom stereocenters. The van der Waals surface area contributed by atoms with Crippen molar-refractivity contribution in [3.8, 4) is 0 Å². The summed E-state index contributed by atoms with van der Waals surface area (Å²) in [6.07, 6.45) is 10.7. The number of nitrogens with two attached hydrogens (primary N) is 1. The molecule has 0 radical (unpaired) electrons. The Morgan fingerprint density at radius 2 is 1.70 bits per heavy atom. The number of carbonyl (C=O) groups excluding carboxylic acids is 1. The van der Waals surface area contributed by atoms with E-state index in [4.69, 9.17) is 10.7 Å². The lowest BCUT2D eigenvalue weighted by molar-refractivity contribution is 0.102. The fraction of sp³-hybridized carbons (Fsp3) is 0.577. The lowest BCUT2D eigenvalue weighted by atomic mass is 9.97. The third kappa shape index (κ3) is 5.47. The molecule has 1 aliphatic rings. The van der Waals surface area contributed by atoms with Crippen molar-refractivity contribution in [3.63, 3.8) is 0 Å². The molecule has 3 heterocycles. The van der Waals surface area contributed by atoms with E-state index in [1.807, 2.05) is 0 Å². The first-order chi connectivity index (χ1) is 17.8. The van der Waals surface area contributed by atoms with Crippen LogP contribution in [0.4, 0.5) is 5.82 Å². The molecule has 0 aliphatic heterocycles. The molecule has 3 aromatic rings. The second-order valence-electron chi connectivity index (χ2n) is 9.69. The number of rotatable bonds is 11. The number of ketones is 1. The van der Waals surface area contributed by atoms with Gasteiger partial charge in [0.05, 0.1) is 11.1 Å². The Hall–Kier alpha value is -2.66. The van der Waals surface area contributed by atoms with Crippen molar-refractivity contribution in [2.24, 2.45) is 14.1 Å². The summed E-state index contributed by atoms with van der Waals surface area (Å²) in [5.74, 6) is -0.765. The van der Waals surface area contributed by atoms with Gasteiger partial charge in [-0.1, -0.05) is 50.8 Å². The van der Waals surface area contributed by atoms with Gasteiger partial charge in [-0.3, -0.25) is 28.1 Å². The fourth-order valence-electron chi connectivity index (χ4n) is 4.90. The van der Waals surface area contributed by atoms with Crippen LogP contribution in [0.15, 0.2) is 19.5 Å². The number of nitrogens with zero attached hydrogens (tertiary/aromatic N) is 4. The summed E-state index contributed by atoms with van der Waals surface area (Å²) in [7, 11) is 2.74. The smallest absolute Gasteiger partial charge is 0.332 e. The Morgan fingerprint density at radius 1 is 1.00 bits per heavy atom. The number of carbonyl (C=O) groups is 1. The lowest BCUT2D eigenvalue weighted by Gasteiger charge is -2.14. The van der Waals surface area contributed by atoms with Crippen molar-refractivity contribution < 1.29 is 4.79 Å². The van der Waals surface area contributed by atoms with Crippen molar-refractivity contribution in [2.75, 3.05) is 11.5 Å². The van der Waals surface area contributed by atoms with Crippen LogP contribution < -0.4 is 22.5 Å². The van der Waals surface area contributed by atoms with Gasteiger partial charge in [-0.15, -0.1) is 11.3 Å². The number of unbranched alkanes of at least 4 members (excludes halogenated alkanes) is 5. The van der Waals surface area contributed by atoms with Crippen LogP contribution in [0.5, 0.6) is 0 Å². The first-order valence-corrected chi connectivity index (χ1v) is 14.8. The quantitative estimate of drug-likeness (QED) is 0.169. The van der Waals surface area contributed by atoms with Gasteiger partial charge in [0, 0.05) is 25.5 Å². The molecular weight excluding hydrogens is 510 g/mol. The third-order valence-corrected chi connectivity index (χ3v) is 9.26. The van der Waals surface area contributed by atoms with Crippen molar-refractivity contribution in [3.05, 3.63) is 47.2 Å². The minimum absolute atomic E-state index is 0.0366. The summed E-state index contributed by atoms with van der Waals surface area (Å²) in [5.41, 5.74) is 5.56. The van der Waals surface area contributed by atoms with Crippen molar-refractivity contribution in [1.82, 2.24) is 18.7 Å². The van der Waals surface area contributed by atoms with Gasteiger partial charge in [-0.2, -0.15) is 0 Å². The van der Waals surface area contributed by atoms with E-state index in [0.717, 1.165) is 81.6 Å². The van der Waals surface area contributed by atoms with Crippen molar-refractivity contribution >= 4 is 44.9 Å². The number of aryl methyl sites for hydroxylation is 2. The van der Waals surface area contributed by atoms with E-state index >= 15 is 0 Å². The predicted molar refractivity (Wildman–Crippen MR) is 150 cm³/mol. The zero-order valence-corrected chi connectivity index (χ0v) is 23.4. The van der Waals surface area contributed by atoms with Crippen LogP contribution in [0, 0.1) is 0 Å². The van der Waals surface area contributed by atoms with Gasteiger partial charge in [0.1, 0.15) is 16.2 Å². The molecule has 0 spiro atoms. The molecule has 0 fully saturated rings. The topological polar surface area (TPSA) is 122 Å². The number of anilines is 1. The SMILES string of the molecule is CCCCCCCCn1c(SCC(=O)c2c(N)n(C)c(=O)n(C)c2=O)nc2sc3c(c2c1=O)CCCC3. The van der Waals surface area contributed by atoms with Gasteiger partial charge in [0.2, 0.25) is 0 Å². The van der Waals surface area contributed by atoms with E-state index in [2.05, 4.69) is 6.92 Å². The molecule has 0 saturated heterocycles. The molecule has 0 unspecified atom stereocenters. The summed E-state index contributed by atoms with van der Waals surface area (Å²) >= 11 is 2.73. The Morgan fingerprint density at radius 3 is 2.46 bits per heavy atom. The van der Waals surface area contributed by atoms with Crippen LogP contribution in [0.25, 0.3) is 10.2 Å². The minimum Gasteiger partial charge on any atom is -0.384 e. The van der Waals surface area contributed by atoms with Crippen LogP contribution in [-0.4, -0.2) is 30.2 Å². The number of hydrogen-bond acceptors (Lipinski definition) is 8. The summed E-state index contributed by atoms with van der Waals surface area (Å²) < 4.78 is 3.68. The second-order valence-corrected chi connectivity index (χ2v) is 11.7. The summed E-state index contributed by atoms with van der Waals surface area (Å²) in [4.78, 5) is 58.4. The number of Topliss-reactive ketones (excluding diaryl/α,β-unsaturated/α-hetero) is 1. The molecule has 37 heavy (non-hydrogen) atoms. The molecule has 0 aromatic carbocycles. The van der Waals surface area contributed by atoms with Crippen LogP contribution >= 0.6 is 23.1 Å². The number of nitrogen functional groups attached to an aromatic ring is 1. The third-order valence-electron chi connectivity index (χ3n) is 7.10. The van der Waals surface area contributed by atoms with Gasteiger partial charge in [-0.05, 0) is 37.7 Å². The average Bonchev–Trinajstić information content (AvgIpc) is 3.27. The van der Waals surface area contributed by atoms with Gasteiger partial charge in [0.15, 0.2) is 10.9 Å². The highest BCUT2D eigenvalue weighted by Gasteiger charge is 2.24. The Kier molecular flexibility index (Phi) is 8.74. The Bertz CT molecular complexity index is 1500. The van der Waals surface area contributed by atoms with Gasteiger partial charge in [-0.25, -0.2) is 9.78 Å². The molecule has 3 aromatic heterocycles. The number of aromatic nitrogens is 4. The van der Waals surface area contributed by atoms with Crippen LogP contribution in [0.3, 0.4) is 0 Å². The maximum absolute atomic E-state index is 13.7. The zero-order chi connectivity index (χ0) is 26.7. The van der Waals surface area contributed by atoms with Crippen molar-refractivity contribution in [1.29, 1.82) is 0 Å². The molecule has 0 saturated carbocycles. The molecule has 11 heteroatoms. The number of hydrogen-bond donors (Lipinski definition) is 1. The number of thiophene rings is 1. The average molecular weight is 546 g/mol. The highest BCUT2D eigenvalue weighted by molar-refractivity contribution is 7.99. The van der Waals surface area contributed by atoms with Crippen LogP contribution in [-0.2, 0) is 33.5 Å². The van der Waals surface area contributed by atoms with E-state index in [0.29, 0.717) is 11.7 Å². The second kappa shape index (κ2) is 11.8. The predicted octanol–water partition coefficient (Wildman–Crippen LogP) is 3.65. The summed E-state index contributed by atoms with van der Waals surface area (Å²) in [5, 5.41) is 1.22. The van der Waals surface area contributed by atoms with E-state index in [1.165, 1.54) is 38.2 Å². The van der Waals surface area contributed by atoms with Gasteiger partial charge in [0.25, 0.3) is 11.1 Å².